The fraction of sp³-hybridized carbons (Fsp3) is 0.615. The second-order valence-corrected chi connectivity index (χ2v) is 13.0. The highest BCUT2D eigenvalue weighted by atomic mass is 127. The lowest BCUT2D eigenvalue weighted by Gasteiger charge is -2.28. The molecule has 0 spiro atoms. The van der Waals surface area contributed by atoms with Crippen LogP contribution in [0.15, 0.2) is 24.3 Å². The highest BCUT2D eigenvalue weighted by Crippen LogP contribution is 2.23. The van der Waals surface area contributed by atoms with Gasteiger partial charge in [-0.05, 0) is 57.8 Å². The largest absolute Gasteiger partial charge is 0.376 e. The number of nitrogens with zero attached hydrogens (tertiary/aromatic N) is 1. The Labute approximate surface area is 149 Å². The van der Waals surface area contributed by atoms with Crippen molar-refractivity contribution in [3.63, 3.8) is 0 Å². The van der Waals surface area contributed by atoms with E-state index < -0.39 is 8.07 Å². The highest BCUT2D eigenvalue weighted by Gasteiger charge is 2.23. The molecular weight excluding hydrogens is 461 g/mol. The molecule has 21 heavy (non-hydrogen) atoms. The second-order valence-electron chi connectivity index (χ2n) is 6.13. The summed E-state index contributed by atoms with van der Waals surface area (Å²) in [6.45, 7) is 7.05. The van der Waals surface area contributed by atoms with E-state index in [2.05, 4.69) is 73.9 Å². The van der Waals surface area contributed by atoms with E-state index in [4.69, 9.17) is 10.9 Å². The van der Waals surface area contributed by atoms with E-state index in [0.717, 1.165) is 19.2 Å². The van der Waals surface area contributed by atoms with Gasteiger partial charge in [0.25, 0.3) is 0 Å². The van der Waals surface area contributed by atoms with Crippen molar-refractivity contribution in [3.8, 4) is 0 Å². The van der Waals surface area contributed by atoms with Gasteiger partial charge in [0.15, 0.2) is 0 Å². The Kier molecular flexibility index (Phi) is 7.55. The quantitative estimate of drug-likeness (QED) is 0.135. The van der Waals surface area contributed by atoms with Crippen molar-refractivity contribution < 1.29 is 0 Å². The average molecular weight is 484 g/mol. The molecule has 118 valence electrons. The maximum atomic E-state index is 7.57. The lowest BCUT2D eigenvalue weighted by molar-refractivity contribution is 0.370. The minimum Gasteiger partial charge on any atom is -0.376 e. The molecule has 1 saturated carbocycles. The van der Waals surface area contributed by atoms with Crippen LogP contribution in [-0.2, 0) is 0 Å². The topological polar surface area (TPSA) is 84.1 Å². The summed E-state index contributed by atoms with van der Waals surface area (Å²) in [6, 6.07) is 0.532. The zero-order valence-electron chi connectivity index (χ0n) is 12.7. The molecule has 0 heterocycles. The van der Waals surface area contributed by atoms with E-state index in [1.165, 1.54) is 25.5 Å². The zero-order chi connectivity index (χ0) is 16.0. The number of rotatable bonds is 8. The molecule has 8 heteroatoms. The number of hydrogen-bond donors (Lipinski definition) is 4. The van der Waals surface area contributed by atoms with Crippen molar-refractivity contribution in [3.05, 3.63) is 19.2 Å². The summed E-state index contributed by atoms with van der Waals surface area (Å²) >= 11 is 5.73. The Balaban J connectivity index is 2.73. The first kappa shape index (κ1) is 18.8. The predicted octanol–water partition coefficient (Wildman–Crippen LogP) is 4.49. The Morgan fingerprint density at radius 3 is 2.43 bits per heavy atom. The molecule has 1 aliphatic rings. The zero-order valence-corrected chi connectivity index (χ0v) is 17.4. The maximum absolute atomic E-state index is 7.57. The summed E-state index contributed by atoms with van der Waals surface area (Å²) in [4.78, 5) is 0. The monoisotopic (exact) mass is 483 g/mol. The average Bonchev–Trinajstić information content (AvgIpc) is 2.33. The molecule has 5 nitrogen and oxygen atoms in total. The van der Waals surface area contributed by atoms with Crippen LogP contribution >= 0.6 is 38.5 Å². The molecule has 4 N–H and O–H groups in total. The molecule has 0 amide bonds. The number of halogens is 2. The van der Waals surface area contributed by atoms with Crippen molar-refractivity contribution in [1.82, 2.24) is 10.6 Å². The smallest absolute Gasteiger partial charge is 0.107 e. The standard InChI is InChI=1S/C13H23BrIN5Si/c1-21(2,3)13(20-17)12(15)18-8-9(7-16)11(14)19-10-5-4-6-10/h7,10,16-19H,4-6,8H2,1-3H3/b11-9+,13-12+,16-7?,20-17?. The van der Waals surface area contributed by atoms with Gasteiger partial charge in [0, 0.05) is 24.4 Å². The van der Waals surface area contributed by atoms with E-state index in [-0.39, 0.29) is 0 Å². The first-order chi connectivity index (χ1) is 9.79. The molecule has 0 saturated heterocycles. The van der Waals surface area contributed by atoms with Gasteiger partial charge in [0.05, 0.1) is 13.6 Å². The van der Waals surface area contributed by atoms with E-state index in [0.29, 0.717) is 12.6 Å². The third-order valence-corrected chi connectivity index (χ3v) is 7.28. The summed E-state index contributed by atoms with van der Waals surface area (Å²) in [5, 5.41) is 18.8. The molecule has 0 radical (unpaired) electrons. The van der Waals surface area contributed by atoms with Crippen LogP contribution in [-0.4, -0.2) is 26.9 Å². The van der Waals surface area contributed by atoms with Crippen molar-refractivity contribution in [2.24, 2.45) is 5.11 Å². The Morgan fingerprint density at radius 1 is 1.43 bits per heavy atom. The first-order valence-electron chi connectivity index (χ1n) is 6.96. The third-order valence-electron chi connectivity index (χ3n) is 3.36. The molecular formula is C13H23BrIN5Si. The predicted molar refractivity (Wildman–Crippen MR) is 103 cm³/mol. The SMILES string of the molecule is C[Si](C)(C)/C(N=N)=C(\I)NC/C(C=N)=C(\Br)NC1CCC1. The Bertz CT molecular complexity index is 466. The van der Waals surface area contributed by atoms with Gasteiger partial charge in [-0.1, -0.05) is 19.6 Å². The lowest BCUT2D eigenvalue weighted by atomic mass is 9.93. The van der Waals surface area contributed by atoms with Gasteiger partial charge in [-0.2, -0.15) is 5.11 Å². The summed E-state index contributed by atoms with van der Waals surface area (Å²) in [6.07, 6.45) is 5.03. The van der Waals surface area contributed by atoms with Crippen LogP contribution in [0, 0.1) is 10.9 Å². The van der Waals surface area contributed by atoms with E-state index in [9.17, 15) is 0 Å². The summed E-state index contributed by atoms with van der Waals surface area (Å²) < 4.78 is 1.79. The van der Waals surface area contributed by atoms with Gasteiger partial charge in [-0.15, -0.1) is 0 Å². The van der Waals surface area contributed by atoms with E-state index >= 15 is 0 Å². The van der Waals surface area contributed by atoms with Crippen molar-refractivity contribution in [2.75, 3.05) is 6.54 Å². The molecule has 0 aliphatic heterocycles. The summed E-state index contributed by atoms with van der Waals surface area (Å²) in [7, 11) is -1.63. The van der Waals surface area contributed by atoms with E-state index in [1.54, 1.807) is 0 Å². The summed E-state index contributed by atoms with van der Waals surface area (Å²) in [5.41, 5.74) is 8.24. The molecule has 0 aromatic carbocycles. The van der Waals surface area contributed by atoms with Crippen LogP contribution in [0.4, 0.5) is 0 Å². The first-order valence-corrected chi connectivity index (χ1v) is 12.3. The van der Waals surface area contributed by atoms with Crippen LogP contribution in [0.1, 0.15) is 19.3 Å². The fourth-order valence-corrected chi connectivity index (χ4v) is 6.22. The highest BCUT2D eigenvalue weighted by molar-refractivity contribution is 14.1. The molecule has 1 fully saturated rings. The van der Waals surface area contributed by atoms with Gasteiger partial charge in [-0.25, -0.2) is 5.53 Å². The maximum Gasteiger partial charge on any atom is 0.107 e. The van der Waals surface area contributed by atoms with Crippen LogP contribution in [0.25, 0.3) is 0 Å². The number of hydrogen-bond acceptors (Lipinski definition) is 5. The molecule has 1 rings (SSSR count). The summed E-state index contributed by atoms with van der Waals surface area (Å²) in [5.74, 6) is 0. The second kappa shape index (κ2) is 8.42. The molecule has 0 aromatic heterocycles. The lowest BCUT2D eigenvalue weighted by Crippen LogP contribution is -2.34. The Hall–Kier alpha value is -0.223. The minimum atomic E-state index is -1.63. The third kappa shape index (κ3) is 5.82. The molecule has 0 aromatic rings. The van der Waals surface area contributed by atoms with Gasteiger partial charge in [0.1, 0.15) is 8.07 Å². The molecule has 0 bridgehead atoms. The van der Waals surface area contributed by atoms with Gasteiger partial charge >= 0.3 is 0 Å². The van der Waals surface area contributed by atoms with Gasteiger partial charge in [-0.3, -0.25) is 0 Å². The van der Waals surface area contributed by atoms with E-state index in [1.807, 2.05) is 0 Å². The normalized spacial score (nSPS) is 18.1. The van der Waals surface area contributed by atoms with Crippen molar-refractivity contribution in [1.29, 1.82) is 10.9 Å². The van der Waals surface area contributed by atoms with Crippen LogP contribution in [0.5, 0.6) is 0 Å². The van der Waals surface area contributed by atoms with Crippen LogP contribution in [0.3, 0.4) is 0 Å². The Morgan fingerprint density at radius 2 is 2.05 bits per heavy atom. The van der Waals surface area contributed by atoms with Crippen LogP contribution in [0.2, 0.25) is 19.6 Å². The molecule has 0 atom stereocenters. The van der Waals surface area contributed by atoms with Crippen molar-refractivity contribution >= 4 is 52.8 Å². The number of nitrogens with one attached hydrogen (secondary N) is 4. The molecule has 0 unspecified atom stereocenters. The fourth-order valence-electron chi connectivity index (χ4n) is 1.82. The minimum absolute atomic E-state index is 0.532. The van der Waals surface area contributed by atoms with Gasteiger partial charge < -0.3 is 16.0 Å². The van der Waals surface area contributed by atoms with Crippen LogP contribution < -0.4 is 10.6 Å². The molecule has 1 aliphatic carbocycles. The van der Waals surface area contributed by atoms with Gasteiger partial charge in [0.2, 0.25) is 0 Å². The van der Waals surface area contributed by atoms with Crippen molar-refractivity contribution in [2.45, 2.75) is 44.9 Å².